The van der Waals surface area contributed by atoms with Crippen LogP contribution >= 0.6 is 0 Å². The van der Waals surface area contributed by atoms with Crippen LogP contribution in [0.2, 0.25) is 0 Å². The SMILES string of the molecule is COc1ccc(C(=O)N2CCN(c3ccccc3O)CC2)cc1S(=O)(=O)NC1CCCC1. The standard InChI is InChI=1S/C23H29N3O5S/c1-31-21-11-10-17(16-22(21)32(29,30)24-18-6-2-3-7-18)23(28)26-14-12-25(13-15-26)19-8-4-5-9-20(19)27/h4-5,8-11,16,18,24,27H,2-3,6-7,12-15H2,1H3. The lowest BCUT2D eigenvalue weighted by molar-refractivity contribution is 0.0746. The fourth-order valence-corrected chi connectivity index (χ4v) is 5.91. The van der Waals surface area contributed by atoms with Gasteiger partial charge in [-0.25, -0.2) is 13.1 Å². The van der Waals surface area contributed by atoms with Gasteiger partial charge in [0.2, 0.25) is 10.0 Å². The van der Waals surface area contributed by atoms with Crippen LogP contribution in [0.4, 0.5) is 5.69 Å². The summed E-state index contributed by atoms with van der Waals surface area (Å²) in [6.07, 6.45) is 3.66. The highest BCUT2D eigenvalue weighted by Crippen LogP contribution is 2.29. The van der Waals surface area contributed by atoms with Crippen molar-refractivity contribution in [3.8, 4) is 11.5 Å². The number of carbonyl (C=O) groups excluding carboxylic acids is 1. The summed E-state index contributed by atoms with van der Waals surface area (Å²) in [4.78, 5) is 16.9. The molecule has 2 fully saturated rings. The molecule has 1 aliphatic heterocycles. The van der Waals surface area contributed by atoms with Gasteiger partial charge >= 0.3 is 0 Å². The number of ether oxygens (including phenoxy) is 1. The summed E-state index contributed by atoms with van der Waals surface area (Å²) in [6, 6.07) is 11.6. The van der Waals surface area contributed by atoms with Gasteiger partial charge in [0.05, 0.1) is 12.8 Å². The molecule has 1 amide bonds. The molecule has 2 aromatic carbocycles. The zero-order chi connectivity index (χ0) is 22.7. The molecule has 0 atom stereocenters. The van der Waals surface area contributed by atoms with Crippen LogP contribution in [0, 0.1) is 0 Å². The van der Waals surface area contributed by atoms with E-state index in [0.717, 1.165) is 31.4 Å². The molecule has 0 spiro atoms. The summed E-state index contributed by atoms with van der Waals surface area (Å²) in [5.41, 5.74) is 1.06. The average molecular weight is 460 g/mol. The molecule has 172 valence electrons. The topological polar surface area (TPSA) is 99.2 Å². The molecular weight excluding hydrogens is 430 g/mol. The van der Waals surface area contributed by atoms with Crippen LogP contribution in [0.15, 0.2) is 47.4 Å². The number of phenols is 1. The maximum atomic E-state index is 13.1. The Hall–Kier alpha value is -2.78. The number of methoxy groups -OCH3 is 1. The number of sulfonamides is 1. The largest absolute Gasteiger partial charge is 0.506 e. The molecule has 9 heteroatoms. The van der Waals surface area contributed by atoms with E-state index in [1.54, 1.807) is 23.1 Å². The van der Waals surface area contributed by atoms with E-state index in [2.05, 4.69) is 4.72 Å². The Morgan fingerprint density at radius 3 is 2.41 bits per heavy atom. The van der Waals surface area contributed by atoms with Crippen molar-refractivity contribution in [3.63, 3.8) is 0 Å². The molecular formula is C23H29N3O5S. The van der Waals surface area contributed by atoms with E-state index in [1.165, 1.54) is 19.2 Å². The van der Waals surface area contributed by atoms with Crippen molar-refractivity contribution in [2.24, 2.45) is 0 Å². The number of nitrogens with one attached hydrogen (secondary N) is 1. The van der Waals surface area contributed by atoms with Gasteiger partial charge in [-0.2, -0.15) is 0 Å². The number of carbonyl (C=O) groups is 1. The van der Waals surface area contributed by atoms with Crippen LogP contribution < -0.4 is 14.4 Å². The van der Waals surface area contributed by atoms with Gasteiger partial charge in [-0.1, -0.05) is 25.0 Å². The smallest absolute Gasteiger partial charge is 0.254 e. The fraction of sp³-hybridized carbons (Fsp3) is 0.435. The number of hydrogen-bond donors (Lipinski definition) is 2. The Morgan fingerprint density at radius 1 is 1.06 bits per heavy atom. The highest BCUT2D eigenvalue weighted by Gasteiger charge is 2.28. The summed E-state index contributed by atoms with van der Waals surface area (Å²) in [6.45, 7) is 2.10. The number of piperazine rings is 1. The normalized spacial score (nSPS) is 17.5. The first kappa shape index (κ1) is 22.4. The van der Waals surface area contributed by atoms with E-state index < -0.39 is 10.0 Å². The first-order valence-corrected chi connectivity index (χ1v) is 12.4. The van der Waals surface area contributed by atoms with Crippen molar-refractivity contribution in [2.45, 2.75) is 36.6 Å². The summed E-state index contributed by atoms with van der Waals surface area (Å²) < 4.78 is 34.0. The van der Waals surface area contributed by atoms with Crippen molar-refractivity contribution in [3.05, 3.63) is 48.0 Å². The third kappa shape index (κ3) is 4.68. The van der Waals surface area contributed by atoms with Crippen LogP contribution in [0.3, 0.4) is 0 Å². The number of anilines is 1. The van der Waals surface area contributed by atoms with Crippen molar-refractivity contribution in [2.75, 3.05) is 38.2 Å². The Kier molecular flexibility index (Phi) is 6.57. The van der Waals surface area contributed by atoms with Crippen LogP contribution in [-0.4, -0.2) is 63.7 Å². The minimum atomic E-state index is -3.80. The molecule has 1 saturated heterocycles. The number of rotatable bonds is 6. The molecule has 2 aromatic rings. The molecule has 1 heterocycles. The zero-order valence-electron chi connectivity index (χ0n) is 18.2. The lowest BCUT2D eigenvalue weighted by atomic mass is 10.1. The van der Waals surface area contributed by atoms with Gasteiger partial charge in [0.15, 0.2) is 0 Å². The van der Waals surface area contributed by atoms with E-state index in [4.69, 9.17) is 4.74 Å². The second-order valence-corrected chi connectivity index (χ2v) is 9.92. The van der Waals surface area contributed by atoms with Crippen LogP contribution in [-0.2, 0) is 10.0 Å². The van der Waals surface area contributed by atoms with Crippen LogP contribution in [0.5, 0.6) is 11.5 Å². The lowest BCUT2D eigenvalue weighted by Gasteiger charge is -2.36. The predicted molar refractivity (Wildman–Crippen MR) is 122 cm³/mol. The van der Waals surface area contributed by atoms with Gasteiger partial charge in [0.1, 0.15) is 16.4 Å². The molecule has 2 aliphatic rings. The average Bonchev–Trinajstić information content (AvgIpc) is 3.31. The van der Waals surface area contributed by atoms with Gasteiger partial charge in [-0.15, -0.1) is 0 Å². The maximum Gasteiger partial charge on any atom is 0.254 e. The van der Waals surface area contributed by atoms with Crippen molar-refractivity contribution >= 4 is 21.6 Å². The monoisotopic (exact) mass is 459 g/mol. The summed E-state index contributed by atoms with van der Waals surface area (Å²) in [7, 11) is -2.38. The first-order valence-electron chi connectivity index (χ1n) is 10.9. The zero-order valence-corrected chi connectivity index (χ0v) is 19.0. The van der Waals surface area contributed by atoms with Gasteiger partial charge in [-0.05, 0) is 43.2 Å². The van der Waals surface area contributed by atoms with Crippen molar-refractivity contribution in [1.29, 1.82) is 0 Å². The number of aromatic hydroxyl groups is 1. The molecule has 0 radical (unpaired) electrons. The number of phenolic OH excluding ortho intramolecular Hbond substituents is 1. The molecule has 1 aliphatic carbocycles. The van der Waals surface area contributed by atoms with E-state index in [0.29, 0.717) is 31.7 Å². The van der Waals surface area contributed by atoms with Gasteiger partial charge in [-0.3, -0.25) is 4.79 Å². The fourth-order valence-electron chi connectivity index (χ4n) is 4.41. The number of amides is 1. The summed E-state index contributed by atoms with van der Waals surface area (Å²) >= 11 is 0. The predicted octanol–water partition coefficient (Wildman–Crippen LogP) is 2.58. The molecule has 32 heavy (non-hydrogen) atoms. The number of hydrogen-bond acceptors (Lipinski definition) is 6. The molecule has 0 unspecified atom stereocenters. The van der Waals surface area contributed by atoms with E-state index in [9.17, 15) is 18.3 Å². The highest BCUT2D eigenvalue weighted by atomic mass is 32.2. The van der Waals surface area contributed by atoms with Gasteiger partial charge in [0.25, 0.3) is 5.91 Å². The van der Waals surface area contributed by atoms with Crippen LogP contribution in [0.25, 0.3) is 0 Å². The number of para-hydroxylation sites is 2. The quantitative estimate of drug-likeness (QED) is 0.689. The Morgan fingerprint density at radius 2 is 1.75 bits per heavy atom. The molecule has 1 saturated carbocycles. The lowest BCUT2D eigenvalue weighted by Crippen LogP contribution is -2.48. The Balaban J connectivity index is 1.49. The van der Waals surface area contributed by atoms with E-state index in [1.807, 2.05) is 17.0 Å². The van der Waals surface area contributed by atoms with Crippen LogP contribution in [0.1, 0.15) is 36.0 Å². The van der Waals surface area contributed by atoms with Crippen molar-refractivity contribution in [1.82, 2.24) is 9.62 Å². The minimum Gasteiger partial charge on any atom is -0.506 e. The Labute approximate surface area is 188 Å². The summed E-state index contributed by atoms with van der Waals surface area (Å²) in [5, 5.41) is 10.1. The molecule has 8 nitrogen and oxygen atoms in total. The second kappa shape index (κ2) is 9.38. The van der Waals surface area contributed by atoms with E-state index in [-0.39, 0.29) is 28.3 Å². The van der Waals surface area contributed by atoms with Gasteiger partial charge < -0.3 is 19.6 Å². The minimum absolute atomic E-state index is 0.00871. The van der Waals surface area contributed by atoms with E-state index >= 15 is 0 Å². The summed E-state index contributed by atoms with van der Waals surface area (Å²) in [5.74, 6) is 0.213. The highest BCUT2D eigenvalue weighted by molar-refractivity contribution is 7.89. The first-order chi connectivity index (χ1) is 15.4. The maximum absolute atomic E-state index is 13.1. The Bertz CT molecular complexity index is 1070. The molecule has 4 rings (SSSR count). The molecule has 0 aromatic heterocycles. The molecule has 0 bridgehead atoms. The number of nitrogens with zero attached hydrogens (tertiary/aromatic N) is 2. The molecule has 2 N–H and O–H groups in total. The van der Waals surface area contributed by atoms with Crippen molar-refractivity contribution < 1.29 is 23.1 Å². The van der Waals surface area contributed by atoms with Gasteiger partial charge in [0, 0.05) is 37.8 Å². The number of benzene rings is 2. The third-order valence-electron chi connectivity index (χ3n) is 6.17. The third-order valence-corrected chi connectivity index (χ3v) is 7.71. The second-order valence-electron chi connectivity index (χ2n) is 8.24.